The predicted octanol–water partition coefficient (Wildman–Crippen LogP) is 5.39. The molecule has 2 heterocycles. The molecule has 26 heavy (non-hydrogen) atoms. The lowest BCUT2D eigenvalue weighted by Gasteiger charge is -2.11. The second-order valence-corrected chi connectivity index (χ2v) is 7.43. The maximum atomic E-state index is 4.47. The Labute approximate surface area is 158 Å². The van der Waals surface area contributed by atoms with Crippen LogP contribution in [0, 0.1) is 13.8 Å². The lowest BCUT2D eigenvalue weighted by Crippen LogP contribution is -2.03. The molecular weight excluding hydrogens is 338 g/mol. The molecule has 0 bridgehead atoms. The smallest absolute Gasteiger partial charge is 0.143 e. The van der Waals surface area contributed by atoms with Crippen LogP contribution in [0.3, 0.4) is 0 Å². The first-order valence-electron chi connectivity index (χ1n) is 8.76. The molecule has 0 amide bonds. The average molecular weight is 359 g/mol. The SMILES string of the molecule is Cc1c(C)n(Cc2ccccc2)c2c(SCc3ccccc3)nncc12. The van der Waals surface area contributed by atoms with Gasteiger partial charge in [0, 0.05) is 23.4 Å². The lowest BCUT2D eigenvalue weighted by molar-refractivity contribution is 0.785. The first-order valence-corrected chi connectivity index (χ1v) is 9.74. The molecule has 0 atom stereocenters. The van der Waals surface area contributed by atoms with Gasteiger partial charge in [-0.15, -0.1) is 5.10 Å². The van der Waals surface area contributed by atoms with Gasteiger partial charge in [-0.2, -0.15) is 5.10 Å². The summed E-state index contributed by atoms with van der Waals surface area (Å²) >= 11 is 1.76. The van der Waals surface area contributed by atoms with Gasteiger partial charge in [0.15, 0.2) is 0 Å². The van der Waals surface area contributed by atoms with Gasteiger partial charge in [0.2, 0.25) is 0 Å². The fourth-order valence-electron chi connectivity index (χ4n) is 3.25. The summed E-state index contributed by atoms with van der Waals surface area (Å²) in [7, 11) is 0. The highest BCUT2D eigenvalue weighted by Gasteiger charge is 2.16. The molecule has 0 aliphatic carbocycles. The van der Waals surface area contributed by atoms with E-state index >= 15 is 0 Å². The summed E-state index contributed by atoms with van der Waals surface area (Å²) < 4.78 is 2.38. The molecular formula is C22H21N3S. The Morgan fingerprint density at radius 2 is 1.54 bits per heavy atom. The molecule has 0 radical (unpaired) electrons. The number of aromatic nitrogens is 3. The summed E-state index contributed by atoms with van der Waals surface area (Å²) in [5.41, 5.74) is 6.35. The summed E-state index contributed by atoms with van der Waals surface area (Å²) in [4.78, 5) is 0. The minimum atomic E-state index is 0.849. The van der Waals surface area contributed by atoms with Gasteiger partial charge in [0.05, 0.1) is 11.7 Å². The van der Waals surface area contributed by atoms with Crippen molar-refractivity contribution in [3.63, 3.8) is 0 Å². The van der Waals surface area contributed by atoms with Crippen LogP contribution in [0.25, 0.3) is 10.9 Å². The molecule has 0 spiro atoms. The Bertz CT molecular complexity index is 1020. The highest BCUT2D eigenvalue weighted by Crippen LogP contribution is 2.33. The summed E-state index contributed by atoms with van der Waals surface area (Å²) in [6.45, 7) is 5.21. The van der Waals surface area contributed by atoms with E-state index in [0.717, 1.165) is 17.3 Å². The third kappa shape index (κ3) is 3.25. The van der Waals surface area contributed by atoms with Crippen molar-refractivity contribution < 1.29 is 0 Å². The van der Waals surface area contributed by atoms with E-state index in [9.17, 15) is 0 Å². The molecule has 0 saturated carbocycles. The normalized spacial score (nSPS) is 11.2. The zero-order valence-corrected chi connectivity index (χ0v) is 15.8. The number of hydrogen-bond donors (Lipinski definition) is 0. The molecule has 3 nitrogen and oxygen atoms in total. The maximum Gasteiger partial charge on any atom is 0.143 e. The quantitative estimate of drug-likeness (QED) is 0.448. The molecule has 0 aliphatic rings. The van der Waals surface area contributed by atoms with E-state index in [-0.39, 0.29) is 0 Å². The molecule has 4 rings (SSSR count). The largest absolute Gasteiger partial charge is 0.338 e. The molecule has 0 fully saturated rings. The van der Waals surface area contributed by atoms with E-state index in [4.69, 9.17) is 0 Å². The van der Waals surface area contributed by atoms with Gasteiger partial charge in [-0.25, -0.2) is 0 Å². The Hall–Kier alpha value is -2.59. The van der Waals surface area contributed by atoms with Crippen LogP contribution in [0.15, 0.2) is 71.9 Å². The average Bonchev–Trinajstić information content (AvgIpc) is 2.93. The Morgan fingerprint density at radius 3 is 2.23 bits per heavy atom. The van der Waals surface area contributed by atoms with E-state index in [2.05, 4.69) is 83.2 Å². The van der Waals surface area contributed by atoms with Crippen LogP contribution >= 0.6 is 11.8 Å². The van der Waals surface area contributed by atoms with E-state index in [1.165, 1.54) is 33.3 Å². The minimum absolute atomic E-state index is 0.849. The van der Waals surface area contributed by atoms with Crippen molar-refractivity contribution in [3.05, 3.63) is 89.2 Å². The van der Waals surface area contributed by atoms with Gasteiger partial charge in [0.25, 0.3) is 0 Å². The molecule has 130 valence electrons. The monoisotopic (exact) mass is 359 g/mol. The van der Waals surface area contributed by atoms with Crippen molar-refractivity contribution in [1.82, 2.24) is 14.8 Å². The topological polar surface area (TPSA) is 30.7 Å². The second-order valence-electron chi connectivity index (χ2n) is 6.47. The van der Waals surface area contributed by atoms with Gasteiger partial charge < -0.3 is 4.57 Å². The van der Waals surface area contributed by atoms with E-state index in [1.54, 1.807) is 11.8 Å². The van der Waals surface area contributed by atoms with Crippen LogP contribution < -0.4 is 0 Å². The van der Waals surface area contributed by atoms with Gasteiger partial charge in [-0.05, 0) is 30.5 Å². The van der Waals surface area contributed by atoms with Crippen molar-refractivity contribution in [2.75, 3.05) is 0 Å². The lowest BCUT2D eigenvalue weighted by atomic mass is 10.2. The van der Waals surface area contributed by atoms with Gasteiger partial charge >= 0.3 is 0 Å². The highest BCUT2D eigenvalue weighted by atomic mass is 32.2. The van der Waals surface area contributed by atoms with Gasteiger partial charge in [0.1, 0.15) is 5.03 Å². The van der Waals surface area contributed by atoms with Crippen LogP contribution in [-0.4, -0.2) is 14.8 Å². The summed E-state index contributed by atoms with van der Waals surface area (Å²) in [5.74, 6) is 0.892. The number of aryl methyl sites for hydroxylation is 1. The third-order valence-electron chi connectivity index (χ3n) is 4.82. The molecule has 2 aromatic heterocycles. The number of nitrogens with zero attached hydrogens (tertiary/aromatic N) is 3. The third-order valence-corrected chi connectivity index (χ3v) is 5.84. The second kappa shape index (κ2) is 7.34. The first-order chi connectivity index (χ1) is 12.7. The Morgan fingerprint density at radius 1 is 0.885 bits per heavy atom. The van der Waals surface area contributed by atoms with Crippen molar-refractivity contribution in [2.45, 2.75) is 31.2 Å². The summed E-state index contributed by atoms with van der Waals surface area (Å²) in [6, 6.07) is 21.1. The molecule has 0 saturated heterocycles. The van der Waals surface area contributed by atoms with E-state index in [1.807, 2.05) is 12.3 Å². The van der Waals surface area contributed by atoms with Crippen molar-refractivity contribution >= 4 is 22.7 Å². The van der Waals surface area contributed by atoms with E-state index in [0.29, 0.717) is 0 Å². The fraction of sp³-hybridized carbons (Fsp3) is 0.182. The highest BCUT2D eigenvalue weighted by molar-refractivity contribution is 7.98. The standard InChI is InChI=1S/C22H21N3S/c1-16-17(2)25(14-18-9-5-3-6-10-18)21-20(16)13-23-24-22(21)26-15-19-11-7-4-8-12-19/h3-13H,14-15H2,1-2H3. The fourth-order valence-corrected chi connectivity index (χ4v) is 4.21. The molecule has 4 heteroatoms. The van der Waals surface area contributed by atoms with Gasteiger partial charge in [-0.3, -0.25) is 0 Å². The number of rotatable bonds is 5. The van der Waals surface area contributed by atoms with Crippen LogP contribution in [0.1, 0.15) is 22.4 Å². The molecule has 0 unspecified atom stereocenters. The maximum absolute atomic E-state index is 4.47. The van der Waals surface area contributed by atoms with Crippen LogP contribution in [0.2, 0.25) is 0 Å². The predicted molar refractivity (Wildman–Crippen MR) is 109 cm³/mol. The number of fused-ring (bicyclic) bond motifs is 1. The summed E-state index contributed by atoms with van der Waals surface area (Å²) in [6.07, 6.45) is 1.89. The molecule has 4 aromatic rings. The van der Waals surface area contributed by atoms with Crippen LogP contribution in [0.5, 0.6) is 0 Å². The zero-order valence-electron chi connectivity index (χ0n) is 15.0. The van der Waals surface area contributed by atoms with E-state index < -0.39 is 0 Å². The number of thioether (sulfide) groups is 1. The number of hydrogen-bond acceptors (Lipinski definition) is 3. The molecule has 0 aliphatic heterocycles. The van der Waals surface area contributed by atoms with Gasteiger partial charge in [-0.1, -0.05) is 72.4 Å². The number of benzene rings is 2. The Balaban J connectivity index is 1.75. The Kier molecular flexibility index (Phi) is 4.76. The van der Waals surface area contributed by atoms with Crippen molar-refractivity contribution in [1.29, 1.82) is 0 Å². The summed E-state index contributed by atoms with van der Waals surface area (Å²) in [5, 5.41) is 10.9. The molecule has 2 aromatic carbocycles. The molecule has 0 N–H and O–H groups in total. The first kappa shape index (κ1) is 16.9. The minimum Gasteiger partial charge on any atom is -0.338 e. The van der Waals surface area contributed by atoms with Crippen molar-refractivity contribution in [2.24, 2.45) is 0 Å². The van der Waals surface area contributed by atoms with Crippen LogP contribution in [0.4, 0.5) is 0 Å². The van der Waals surface area contributed by atoms with Crippen molar-refractivity contribution in [3.8, 4) is 0 Å². The van der Waals surface area contributed by atoms with Crippen LogP contribution in [-0.2, 0) is 12.3 Å². The zero-order chi connectivity index (χ0) is 17.9.